The number of carbonyl (C=O) groups is 1. The van der Waals surface area contributed by atoms with Crippen molar-refractivity contribution < 1.29 is 24.2 Å². The van der Waals surface area contributed by atoms with Gasteiger partial charge in [0, 0.05) is 5.56 Å². The smallest absolute Gasteiger partial charge is 0.371 e. The Morgan fingerprint density at radius 2 is 2.05 bits per heavy atom. The van der Waals surface area contributed by atoms with Crippen LogP contribution < -0.4 is 4.74 Å². The van der Waals surface area contributed by atoms with E-state index in [1.54, 1.807) is 24.3 Å². The summed E-state index contributed by atoms with van der Waals surface area (Å²) in [5.74, 6) is -0.658. The molecule has 19 heavy (non-hydrogen) atoms. The Hall–Kier alpha value is -2.27. The predicted molar refractivity (Wildman–Crippen MR) is 67.3 cm³/mol. The molecule has 0 radical (unpaired) electrons. The predicted octanol–water partition coefficient (Wildman–Crippen LogP) is 2.46. The fourth-order valence-corrected chi connectivity index (χ4v) is 1.76. The molecule has 0 saturated carbocycles. The van der Waals surface area contributed by atoms with E-state index in [9.17, 15) is 9.90 Å². The minimum absolute atomic E-state index is 0.171. The number of hydrogen-bond donors (Lipinski definition) is 2. The van der Waals surface area contributed by atoms with Gasteiger partial charge in [0.15, 0.2) is 0 Å². The summed E-state index contributed by atoms with van der Waals surface area (Å²) in [7, 11) is 0. The van der Waals surface area contributed by atoms with Crippen LogP contribution in [-0.2, 0) is 0 Å². The molecular weight excluding hydrogens is 248 g/mol. The lowest BCUT2D eigenvalue weighted by atomic mass is 10.1. The lowest BCUT2D eigenvalue weighted by molar-refractivity contribution is 0.0655. The second kappa shape index (κ2) is 5.58. The van der Waals surface area contributed by atoms with E-state index in [1.807, 2.05) is 6.92 Å². The van der Waals surface area contributed by atoms with Gasteiger partial charge in [-0.3, -0.25) is 0 Å². The van der Waals surface area contributed by atoms with Gasteiger partial charge in [0.05, 0.1) is 6.61 Å². The van der Waals surface area contributed by atoms with Crippen molar-refractivity contribution in [2.45, 2.75) is 13.0 Å². The van der Waals surface area contributed by atoms with Gasteiger partial charge in [-0.05, 0) is 25.1 Å². The molecule has 0 amide bonds. The molecule has 1 aromatic heterocycles. The highest BCUT2D eigenvalue weighted by Crippen LogP contribution is 2.30. The summed E-state index contributed by atoms with van der Waals surface area (Å²) in [6.07, 6.45) is -1.06. The van der Waals surface area contributed by atoms with Crippen LogP contribution >= 0.6 is 0 Å². The Kier molecular flexibility index (Phi) is 3.87. The van der Waals surface area contributed by atoms with Crippen LogP contribution in [0.15, 0.2) is 40.8 Å². The van der Waals surface area contributed by atoms with Crippen LogP contribution in [0.5, 0.6) is 5.75 Å². The van der Waals surface area contributed by atoms with E-state index < -0.39 is 12.1 Å². The van der Waals surface area contributed by atoms with Gasteiger partial charge < -0.3 is 19.4 Å². The molecule has 0 aliphatic carbocycles. The molecule has 2 N–H and O–H groups in total. The molecule has 1 atom stereocenters. The van der Waals surface area contributed by atoms with Crippen LogP contribution in [0, 0.1) is 0 Å². The van der Waals surface area contributed by atoms with Crippen LogP contribution in [0.3, 0.4) is 0 Å². The van der Waals surface area contributed by atoms with Gasteiger partial charge in [-0.2, -0.15) is 0 Å². The van der Waals surface area contributed by atoms with Crippen molar-refractivity contribution in [2.24, 2.45) is 0 Å². The van der Waals surface area contributed by atoms with Crippen molar-refractivity contribution in [1.29, 1.82) is 0 Å². The number of para-hydroxylation sites is 1. The SMILES string of the molecule is CCOc1ccccc1C(O)c1ccc(C(=O)O)o1. The number of aliphatic hydroxyl groups is 1. The molecule has 0 saturated heterocycles. The van der Waals surface area contributed by atoms with Crippen molar-refractivity contribution in [3.8, 4) is 5.75 Å². The molecule has 0 spiro atoms. The minimum atomic E-state index is -1.17. The van der Waals surface area contributed by atoms with Crippen LogP contribution in [0.1, 0.15) is 34.9 Å². The molecule has 1 heterocycles. The lowest BCUT2D eigenvalue weighted by Gasteiger charge is -2.13. The summed E-state index contributed by atoms with van der Waals surface area (Å²) in [6.45, 7) is 2.32. The molecule has 0 aliphatic rings. The number of aliphatic hydroxyl groups excluding tert-OH is 1. The molecule has 2 aromatic rings. The van der Waals surface area contributed by atoms with Crippen molar-refractivity contribution in [3.63, 3.8) is 0 Å². The average Bonchev–Trinajstić information content (AvgIpc) is 2.89. The van der Waals surface area contributed by atoms with Gasteiger partial charge in [0.1, 0.15) is 17.6 Å². The third-order valence-electron chi connectivity index (χ3n) is 2.62. The third kappa shape index (κ3) is 2.77. The molecule has 0 fully saturated rings. The number of aromatic carboxylic acids is 1. The molecule has 2 rings (SSSR count). The monoisotopic (exact) mass is 262 g/mol. The highest BCUT2D eigenvalue weighted by molar-refractivity contribution is 5.84. The Labute approximate surface area is 110 Å². The summed E-state index contributed by atoms with van der Waals surface area (Å²) >= 11 is 0. The molecule has 100 valence electrons. The van der Waals surface area contributed by atoms with Crippen LogP contribution in [0.2, 0.25) is 0 Å². The Bertz CT molecular complexity index is 573. The summed E-state index contributed by atoms with van der Waals surface area (Å²) in [6, 6.07) is 9.76. The first kappa shape index (κ1) is 13.2. The molecule has 5 heteroatoms. The Morgan fingerprint density at radius 1 is 1.32 bits per heavy atom. The Morgan fingerprint density at radius 3 is 2.68 bits per heavy atom. The standard InChI is InChI=1S/C14H14O5/c1-2-18-10-6-4-3-5-9(10)13(15)11-7-8-12(19-11)14(16)17/h3-8,13,15H,2H2,1H3,(H,16,17). The van der Waals surface area contributed by atoms with E-state index in [0.29, 0.717) is 17.9 Å². The second-order valence-corrected chi connectivity index (χ2v) is 3.88. The average molecular weight is 262 g/mol. The van der Waals surface area contributed by atoms with Crippen molar-refractivity contribution in [3.05, 3.63) is 53.5 Å². The molecule has 0 aliphatic heterocycles. The van der Waals surface area contributed by atoms with Crippen molar-refractivity contribution >= 4 is 5.97 Å². The van der Waals surface area contributed by atoms with Crippen LogP contribution in [0.25, 0.3) is 0 Å². The van der Waals surface area contributed by atoms with E-state index in [4.69, 9.17) is 14.3 Å². The van der Waals surface area contributed by atoms with E-state index in [0.717, 1.165) is 0 Å². The zero-order valence-electron chi connectivity index (χ0n) is 10.4. The van der Waals surface area contributed by atoms with Gasteiger partial charge in [-0.1, -0.05) is 18.2 Å². The second-order valence-electron chi connectivity index (χ2n) is 3.88. The van der Waals surface area contributed by atoms with E-state index >= 15 is 0 Å². The molecule has 1 unspecified atom stereocenters. The number of benzene rings is 1. The zero-order chi connectivity index (χ0) is 13.8. The summed E-state index contributed by atoms with van der Waals surface area (Å²) < 4.78 is 10.5. The maximum Gasteiger partial charge on any atom is 0.371 e. The van der Waals surface area contributed by atoms with Gasteiger partial charge in [-0.25, -0.2) is 4.79 Å². The van der Waals surface area contributed by atoms with E-state index in [2.05, 4.69) is 0 Å². The normalized spacial score (nSPS) is 12.1. The number of rotatable bonds is 5. The first-order valence-electron chi connectivity index (χ1n) is 5.86. The zero-order valence-corrected chi connectivity index (χ0v) is 10.4. The fourth-order valence-electron chi connectivity index (χ4n) is 1.76. The number of hydrogen-bond acceptors (Lipinski definition) is 4. The number of carboxylic acids is 1. The maximum atomic E-state index is 10.7. The van der Waals surface area contributed by atoms with Crippen molar-refractivity contribution in [2.75, 3.05) is 6.61 Å². The topological polar surface area (TPSA) is 79.9 Å². The Balaban J connectivity index is 2.32. The lowest BCUT2D eigenvalue weighted by Crippen LogP contribution is -2.03. The highest BCUT2D eigenvalue weighted by Gasteiger charge is 2.20. The van der Waals surface area contributed by atoms with Gasteiger partial charge in [0.2, 0.25) is 5.76 Å². The molecule has 1 aromatic carbocycles. The number of furan rings is 1. The van der Waals surface area contributed by atoms with Gasteiger partial charge >= 0.3 is 5.97 Å². The fraction of sp³-hybridized carbons (Fsp3) is 0.214. The molecule has 5 nitrogen and oxygen atoms in total. The third-order valence-corrected chi connectivity index (χ3v) is 2.62. The maximum absolute atomic E-state index is 10.7. The minimum Gasteiger partial charge on any atom is -0.493 e. The largest absolute Gasteiger partial charge is 0.493 e. The van der Waals surface area contributed by atoms with E-state index in [-0.39, 0.29) is 11.5 Å². The highest BCUT2D eigenvalue weighted by atomic mass is 16.5. The number of ether oxygens (including phenoxy) is 1. The van der Waals surface area contributed by atoms with Crippen molar-refractivity contribution in [1.82, 2.24) is 0 Å². The summed E-state index contributed by atoms with van der Waals surface area (Å²) in [5, 5.41) is 19.0. The quantitative estimate of drug-likeness (QED) is 0.865. The summed E-state index contributed by atoms with van der Waals surface area (Å²) in [4.78, 5) is 10.7. The first-order valence-corrected chi connectivity index (χ1v) is 5.86. The first-order chi connectivity index (χ1) is 9.13. The van der Waals surface area contributed by atoms with Gasteiger partial charge in [0.25, 0.3) is 0 Å². The molecular formula is C14H14O5. The molecule has 0 bridgehead atoms. The van der Waals surface area contributed by atoms with Crippen LogP contribution in [-0.4, -0.2) is 22.8 Å². The van der Waals surface area contributed by atoms with Crippen LogP contribution in [0.4, 0.5) is 0 Å². The van der Waals surface area contributed by atoms with E-state index in [1.165, 1.54) is 12.1 Å². The number of carboxylic acid groups (broad SMARTS) is 1. The van der Waals surface area contributed by atoms with Gasteiger partial charge in [-0.15, -0.1) is 0 Å². The summed E-state index contributed by atoms with van der Waals surface area (Å²) in [5.41, 5.74) is 0.538.